The Kier molecular flexibility index (Phi) is 7.06. The first kappa shape index (κ1) is 17.3. The summed E-state index contributed by atoms with van der Waals surface area (Å²) >= 11 is 0. The Morgan fingerprint density at radius 3 is 2.44 bits per heavy atom. The number of nitro groups is 1. The number of nitrogens with zero attached hydrogens (tertiary/aromatic N) is 3. The molecule has 0 aliphatic carbocycles. The van der Waals surface area contributed by atoms with Crippen molar-refractivity contribution in [1.82, 2.24) is 9.78 Å². The fraction of sp³-hybridized carbons (Fsp3) is 0.571. The lowest BCUT2D eigenvalue weighted by Crippen LogP contribution is -2.26. The lowest BCUT2D eigenvalue weighted by Gasteiger charge is -2.08. The number of aromatic nitrogens is 2. The zero-order valence-electron chi connectivity index (χ0n) is 9.13. The summed E-state index contributed by atoms with van der Waals surface area (Å²) in [5.41, 5.74) is 5.85. The summed E-state index contributed by atoms with van der Waals surface area (Å²) in [5.74, 6) is 0.336. The van der Waals surface area contributed by atoms with E-state index in [1.165, 1.54) is 4.68 Å². The topological polar surface area (TPSA) is 99.0 Å². The molecule has 0 spiro atoms. The van der Waals surface area contributed by atoms with Gasteiger partial charge in [0, 0.05) is 7.05 Å². The third-order valence-electron chi connectivity index (χ3n) is 1.74. The molecule has 7 nitrogen and oxygen atoms in total. The number of halogens is 2. The van der Waals surface area contributed by atoms with Crippen LogP contribution < -0.4 is 11.1 Å². The summed E-state index contributed by atoms with van der Waals surface area (Å²) in [6.07, 6.45) is -0.358. The fourth-order valence-electron chi connectivity index (χ4n) is 1.24. The van der Waals surface area contributed by atoms with E-state index in [2.05, 4.69) is 10.4 Å². The van der Waals surface area contributed by atoms with E-state index in [1.54, 1.807) is 20.9 Å². The number of nitrogens with two attached hydrogens (primary N) is 1. The Balaban J connectivity index is 0. The van der Waals surface area contributed by atoms with Gasteiger partial charge in [0.1, 0.15) is 5.69 Å². The van der Waals surface area contributed by atoms with Gasteiger partial charge in [0.15, 0.2) is 0 Å². The number of hydrogen-bond acceptors (Lipinski definition) is 5. The number of hydrogen-bond donors (Lipinski definition) is 2. The maximum atomic E-state index is 10.7. The molecule has 1 unspecified atom stereocenters. The number of rotatable bonds is 3. The highest BCUT2D eigenvalue weighted by molar-refractivity contribution is 5.85. The fourth-order valence-corrected chi connectivity index (χ4v) is 1.24. The highest BCUT2D eigenvalue weighted by Gasteiger charge is 2.24. The van der Waals surface area contributed by atoms with E-state index >= 15 is 0 Å². The zero-order chi connectivity index (χ0) is 10.9. The Hall–Kier alpha value is -1.05. The van der Waals surface area contributed by atoms with Crippen LogP contribution in [0.4, 0.5) is 11.5 Å². The monoisotopic (exact) mass is 271 g/mol. The van der Waals surface area contributed by atoms with Crippen molar-refractivity contribution >= 4 is 36.3 Å². The first-order valence-electron chi connectivity index (χ1n) is 4.13. The van der Waals surface area contributed by atoms with Crippen LogP contribution in [0.2, 0.25) is 0 Å². The summed E-state index contributed by atoms with van der Waals surface area (Å²) in [4.78, 5) is 10.2. The van der Waals surface area contributed by atoms with Crippen LogP contribution in [0, 0.1) is 17.0 Å². The maximum Gasteiger partial charge on any atom is 0.333 e. The minimum Gasteiger partial charge on any atom is -0.350 e. The summed E-state index contributed by atoms with van der Waals surface area (Å²) in [7, 11) is 1.63. The Morgan fingerprint density at radius 2 is 2.06 bits per heavy atom. The average molecular weight is 272 g/mol. The summed E-state index contributed by atoms with van der Waals surface area (Å²) in [6, 6.07) is 0. The molecular formula is C7H15Cl2N5O2. The average Bonchev–Trinajstić information content (AvgIpc) is 2.25. The third kappa shape index (κ3) is 3.51. The normalized spacial score (nSPS) is 11.0. The SMILES string of the molecule is Cc1nn(C)c(NC(C)N)c1[N+](=O)[O-].Cl.Cl. The lowest BCUT2D eigenvalue weighted by atomic mass is 10.4. The van der Waals surface area contributed by atoms with Crippen LogP contribution in [0.1, 0.15) is 12.6 Å². The van der Waals surface area contributed by atoms with E-state index in [9.17, 15) is 10.1 Å². The van der Waals surface area contributed by atoms with Crippen molar-refractivity contribution in [3.05, 3.63) is 15.8 Å². The molecule has 0 amide bonds. The van der Waals surface area contributed by atoms with Gasteiger partial charge in [-0.3, -0.25) is 10.1 Å². The molecule has 0 bridgehead atoms. The molecule has 94 valence electrons. The van der Waals surface area contributed by atoms with Crippen molar-refractivity contribution in [2.45, 2.75) is 20.0 Å². The Labute approximate surface area is 105 Å². The second kappa shape index (κ2) is 6.51. The Bertz CT molecular complexity index is 366. The van der Waals surface area contributed by atoms with E-state index in [1.807, 2.05) is 0 Å². The van der Waals surface area contributed by atoms with E-state index in [-0.39, 0.29) is 36.7 Å². The van der Waals surface area contributed by atoms with Gasteiger partial charge >= 0.3 is 5.69 Å². The van der Waals surface area contributed by atoms with Crippen LogP contribution in [0.15, 0.2) is 0 Å². The summed E-state index contributed by atoms with van der Waals surface area (Å²) in [6.45, 7) is 3.29. The van der Waals surface area contributed by atoms with Gasteiger partial charge in [-0.15, -0.1) is 24.8 Å². The van der Waals surface area contributed by atoms with E-state index in [0.717, 1.165) is 0 Å². The van der Waals surface area contributed by atoms with Crippen molar-refractivity contribution in [3.63, 3.8) is 0 Å². The van der Waals surface area contributed by atoms with Gasteiger partial charge in [0.25, 0.3) is 0 Å². The minimum atomic E-state index is -0.465. The van der Waals surface area contributed by atoms with Crippen LogP contribution in [-0.4, -0.2) is 20.9 Å². The molecule has 0 fully saturated rings. The molecule has 16 heavy (non-hydrogen) atoms. The second-order valence-corrected chi connectivity index (χ2v) is 3.10. The van der Waals surface area contributed by atoms with Crippen LogP contribution in [0.5, 0.6) is 0 Å². The number of aryl methyl sites for hydroxylation is 2. The molecule has 3 N–H and O–H groups in total. The first-order valence-corrected chi connectivity index (χ1v) is 4.13. The van der Waals surface area contributed by atoms with Crippen LogP contribution in [0.25, 0.3) is 0 Å². The van der Waals surface area contributed by atoms with Crippen LogP contribution in [-0.2, 0) is 7.05 Å². The third-order valence-corrected chi connectivity index (χ3v) is 1.74. The highest BCUT2D eigenvalue weighted by Crippen LogP contribution is 2.27. The van der Waals surface area contributed by atoms with Crippen molar-refractivity contribution < 1.29 is 4.92 Å². The van der Waals surface area contributed by atoms with Gasteiger partial charge in [0.2, 0.25) is 5.82 Å². The summed E-state index contributed by atoms with van der Waals surface area (Å²) < 4.78 is 1.41. The molecule has 9 heteroatoms. The molecule has 1 rings (SSSR count). The van der Waals surface area contributed by atoms with Gasteiger partial charge in [0.05, 0.1) is 11.1 Å². The lowest BCUT2D eigenvalue weighted by molar-refractivity contribution is -0.384. The van der Waals surface area contributed by atoms with E-state index < -0.39 is 4.92 Å². The zero-order valence-corrected chi connectivity index (χ0v) is 10.8. The van der Waals surface area contributed by atoms with Gasteiger partial charge in [-0.1, -0.05) is 0 Å². The molecule has 0 saturated heterocycles. The van der Waals surface area contributed by atoms with Crippen molar-refractivity contribution in [1.29, 1.82) is 0 Å². The molecular weight excluding hydrogens is 257 g/mol. The molecule has 1 atom stereocenters. The number of anilines is 1. The maximum absolute atomic E-state index is 10.7. The molecule has 0 saturated carbocycles. The van der Waals surface area contributed by atoms with Gasteiger partial charge in [-0.2, -0.15) is 5.10 Å². The second-order valence-electron chi connectivity index (χ2n) is 3.10. The minimum absolute atomic E-state index is 0. The smallest absolute Gasteiger partial charge is 0.333 e. The first-order chi connectivity index (χ1) is 6.43. The van der Waals surface area contributed by atoms with E-state index in [4.69, 9.17) is 5.73 Å². The Morgan fingerprint density at radius 1 is 1.56 bits per heavy atom. The molecule has 1 aromatic heterocycles. The molecule has 0 aliphatic heterocycles. The van der Waals surface area contributed by atoms with Gasteiger partial charge < -0.3 is 11.1 Å². The van der Waals surface area contributed by atoms with Crippen molar-refractivity contribution in [2.24, 2.45) is 12.8 Å². The number of nitrogens with one attached hydrogen (secondary N) is 1. The van der Waals surface area contributed by atoms with Crippen molar-refractivity contribution in [2.75, 3.05) is 5.32 Å². The molecule has 0 aliphatic rings. The predicted molar refractivity (Wildman–Crippen MR) is 66.4 cm³/mol. The quantitative estimate of drug-likeness (QED) is 0.489. The largest absolute Gasteiger partial charge is 0.350 e. The van der Waals surface area contributed by atoms with Gasteiger partial charge in [-0.25, -0.2) is 4.68 Å². The van der Waals surface area contributed by atoms with Crippen molar-refractivity contribution in [3.8, 4) is 0 Å². The predicted octanol–water partition coefficient (Wildman–Crippen LogP) is 1.20. The standard InChI is InChI=1S/C7H13N5O2.2ClH/c1-4-6(12(13)14)7(9-5(2)8)11(3)10-4;;/h5,9H,8H2,1-3H3;2*1H. The van der Waals surface area contributed by atoms with Crippen LogP contribution in [0.3, 0.4) is 0 Å². The molecule has 1 aromatic rings. The van der Waals surface area contributed by atoms with Gasteiger partial charge in [-0.05, 0) is 13.8 Å². The molecule has 1 heterocycles. The van der Waals surface area contributed by atoms with E-state index in [0.29, 0.717) is 11.5 Å². The van der Waals surface area contributed by atoms with Crippen LogP contribution >= 0.6 is 24.8 Å². The molecule has 0 aromatic carbocycles. The summed E-state index contributed by atoms with van der Waals surface area (Å²) in [5, 5.41) is 17.4. The molecule has 0 radical (unpaired) electrons. The highest BCUT2D eigenvalue weighted by atomic mass is 35.5.